The highest BCUT2D eigenvalue weighted by Crippen LogP contribution is 2.28. The first-order valence-corrected chi connectivity index (χ1v) is 6.97. The van der Waals surface area contributed by atoms with Crippen LogP contribution in [0.25, 0.3) is 0 Å². The normalized spacial score (nSPS) is 26.0. The summed E-state index contributed by atoms with van der Waals surface area (Å²) in [5.74, 6) is -0.210. The fourth-order valence-electron chi connectivity index (χ4n) is 2.27. The van der Waals surface area contributed by atoms with Crippen LogP contribution in [0, 0.1) is 5.92 Å². The van der Waals surface area contributed by atoms with Gasteiger partial charge in [0.15, 0.2) is 0 Å². The van der Waals surface area contributed by atoms with E-state index in [4.69, 9.17) is 11.6 Å². The molecule has 1 fully saturated rings. The number of thiophene rings is 1. The molecule has 0 saturated carbocycles. The Hall–Kier alpha value is -0.580. The highest BCUT2D eigenvalue weighted by molar-refractivity contribution is 7.16. The van der Waals surface area contributed by atoms with Crippen molar-refractivity contribution in [1.29, 1.82) is 0 Å². The highest BCUT2D eigenvalue weighted by atomic mass is 35.5. The average Bonchev–Trinajstić information content (AvgIpc) is 2.66. The molecular weight excluding hydrogens is 258 g/mol. The minimum atomic E-state index is -0.709. The van der Waals surface area contributed by atoms with Crippen LogP contribution in [0.1, 0.15) is 24.6 Å². The molecule has 0 aliphatic carbocycles. The molecule has 3 nitrogen and oxygen atoms in total. The number of carboxylic acid groups (broad SMARTS) is 1. The summed E-state index contributed by atoms with van der Waals surface area (Å²) in [5, 5.41) is 9.25. The average molecular weight is 274 g/mol. The van der Waals surface area contributed by atoms with Gasteiger partial charge in [-0.2, -0.15) is 0 Å². The van der Waals surface area contributed by atoms with Crippen molar-refractivity contribution >= 4 is 28.9 Å². The molecule has 0 spiro atoms. The van der Waals surface area contributed by atoms with Gasteiger partial charge in [0.25, 0.3) is 0 Å². The lowest BCUT2D eigenvalue weighted by molar-refractivity contribution is -0.145. The van der Waals surface area contributed by atoms with Crippen LogP contribution in [0.5, 0.6) is 0 Å². The quantitative estimate of drug-likeness (QED) is 0.920. The van der Waals surface area contributed by atoms with E-state index in [1.807, 2.05) is 17.0 Å². The Balaban J connectivity index is 2.05. The fraction of sp³-hybridized carbons (Fsp3) is 0.583. The third-order valence-corrected chi connectivity index (χ3v) is 4.46. The van der Waals surface area contributed by atoms with Gasteiger partial charge in [-0.1, -0.05) is 18.5 Å². The van der Waals surface area contributed by atoms with E-state index in [2.05, 4.69) is 6.92 Å². The van der Waals surface area contributed by atoms with Gasteiger partial charge in [0.2, 0.25) is 0 Å². The first-order chi connectivity index (χ1) is 8.06. The van der Waals surface area contributed by atoms with E-state index in [-0.39, 0.29) is 6.04 Å². The summed E-state index contributed by atoms with van der Waals surface area (Å²) in [6.45, 7) is 3.67. The first kappa shape index (κ1) is 12.9. The van der Waals surface area contributed by atoms with Crippen molar-refractivity contribution in [2.45, 2.75) is 32.4 Å². The first-order valence-electron chi connectivity index (χ1n) is 5.77. The Bertz CT molecular complexity index is 407. The lowest BCUT2D eigenvalue weighted by Gasteiger charge is -2.35. The Labute approximate surface area is 110 Å². The zero-order chi connectivity index (χ0) is 12.4. The number of nitrogens with zero attached hydrogens (tertiary/aromatic N) is 1. The van der Waals surface area contributed by atoms with Crippen LogP contribution >= 0.6 is 22.9 Å². The Morgan fingerprint density at radius 3 is 3.00 bits per heavy atom. The molecule has 0 radical (unpaired) electrons. The van der Waals surface area contributed by atoms with Gasteiger partial charge >= 0.3 is 5.97 Å². The maximum Gasteiger partial charge on any atom is 0.320 e. The molecule has 2 atom stereocenters. The van der Waals surface area contributed by atoms with Gasteiger partial charge in [0.1, 0.15) is 6.04 Å². The summed E-state index contributed by atoms with van der Waals surface area (Å²) in [6.07, 6.45) is 1.82. The molecule has 5 heteroatoms. The van der Waals surface area contributed by atoms with E-state index in [9.17, 15) is 9.90 Å². The van der Waals surface area contributed by atoms with Gasteiger partial charge in [-0.3, -0.25) is 9.69 Å². The van der Waals surface area contributed by atoms with Gasteiger partial charge in [0, 0.05) is 11.4 Å². The summed E-state index contributed by atoms with van der Waals surface area (Å²) in [7, 11) is 0. The van der Waals surface area contributed by atoms with Gasteiger partial charge in [-0.15, -0.1) is 11.3 Å². The zero-order valence-corrected chi connectivity index (χ0v) is 11.3. The highest BCUT2D eigenvalue weighted by Gasteiger charge is 2.31. The van der Waals surface area contributed by atoms with Crippen LogP contribution in [-0.2, 0) is 11.3 Å². The molecule has 0 bridgehead atoms. The topological polar surface area (TPSA) is 40.5 Å². The fourth-order valence-corrected chi connectivity index (χ4v) is 3.39. The van der Waals surface area contributed by atoms with Crippen LogP contribution < -0.4 is 0 Å². The summed E-state index contributed by atoms with van der Waals surface area (Å²) in [5.41, 5.74) is 0. The zero-order valence-electron chi connectivity index (χ0n) is 9.73. The molecule has 2 unspecified atom stereocenters. The number of piperidine rings is 1. The third-order valence-electron chi connectivity index (χ3n) is 3.25. The standard InChI is InChI=1S/C12H16ClNO2S/c1-8-4-5-14(10(6-8)12(15)16)7-9-2-3-11(13)17-9/h2-3,8,10H,4-7H2,1H3,(H,15,16). The van der Waals surface area contributed by atoms with Crippen molar-refractivity contribution in [3.63, 3.8) is 0 Å². The van der Waals surface area contributed by atoms with Crippen molar-refractivity contribution < 1.29 is 9.90 Å². The Morgan fingerprint density at radius 2 is 2.41 bits per heavy atom. The predicted molar refractivity (Wildman–Crippen MR) is 69.6 cm³/mol. The molecular formula is C12H16ClNO2S. The van der Waals surface area contributed by atoms with E-state index in [1.165, 1.54) is 11.3 Å². The van der Waals surface area contributed by atoms with Crippen LogP contribution in [0.3, 0.4) is 0 Å². The predicted octanol–water partition coefficient (Wildman–Crippen LogP) is 3.09. The van der Waals surface area contributed by atoms with Crippen molar-refractivity contribution in [1.82, 2.24) is 4.90 Å². The van der Waals surface area contributed by atoms with Gasteiger partial charge in [0.05, 0.1) is 4.34 Å². The van der Waals surface area contributed by atoms with E-state index in [0.717, 1.165) is 28.6 Å². The third kappa shape index (κ3) is 3.21. The second-order valence-corrected chi connectivity index (χ2v) is 6.46. The molecule has 2 heterocycles. The maximum absolute atomic E-state index is 11.2. The van der Waals surface area contributed by atoms with Crippen LogP contribution in [0.2, 0.25) is 4.34 Å². The summed E-state index contributed by atoms with van der Waals surface area (Å²) in [6, 6.07) is 3.49. The Morgan fingerprint density at radius 1 is 1.65 bits per heavy atom. The van der Waals surface area contributed by atoms with E-state index in [1.54, 1.807) is 0 Å². The van der Waals surface area contributed by atoms with Gasteiger partial charge < -0.3 is 5.11 Å². The van der Waals surface area contributed by atoms with Gasteiger partial charge in [-0.25, -0.2) is 0 Å². The maximum atomic E-state index is 11.2. The number of hydrogen-bond acceptors (Lipinski definition) is 3. The molecule has 94 valence electrons. The molecule has 1 aromatic heterocycles. The van der Waals surface area contributed by atoms with Crippen LogP contribution in [-0.4, -0.2) is 28.6 Å². The number of carboxylic acids is 1. The molecule has 0 amide bonds. The van der Waals surface area contributed by atoms with Crippen molar-refractivity contribution in [2.24, 2.45) is 5.92 Å². The summed E-state index contributed by atoms with van der Waals surface area (Å²) < 4.78 is 0.761. The van der Waals surface area contributed by atoms with Crippen molar-refractivity contribution in [3.05, 3.63) is 21.3 Å². The molecule has 1 aliphatic rings. The number of hydrogen-bond donors (Lipinski definition) is 1. The van der Waals surface area contributed by atoms with E-state index < -0.39 is 5.97 Å². The largest absolute Gasteiger partial charge is 0.480 e. The molecule has 17 heavy (non-hydrogen) atoms. The van der Waals surface area contributed by atoms with Crippen molar-refractivity contribution in [2.75, 3.05) is 6.54 Å². The van der Waals surface area contributed by atoms with E-state index in [0.29, 0.717) is 12.5 Å². The minimum Gasteiger partial charge on any atom is -0.480 e. The van der Waals surface area contributed by atoms with Crippen LogP contribution in [0.4, 0.5) is 0 Å². The van der Waals surface area contributed by atoms with Crippen molar-refractivity contribution in [3.8, 4) is 0 Å². The number of likely N-dealkylation sites (tertiary alicyclic amines) is 1. The Kier molecular flexibility index (Phi) is 4.07. The van der Waals surface area contributed by atoms with Crippen LogP contribution in [0.15, 0.2) is 12.1 Å². The number of carbonyl (C=O) groups is 1. The van der Waals surface area contributed by atoms with Gasteiger partial charge in [-0.05, 0) is 37.4 Å². The number of rotatable bonds is 3. The second-order valence-electron chi connectivity index (χ2n) is 4.66. The molecule has 1 N–H and O–H groups in total. The number of halogens is 1. The number of aliphatic carboxylic acids is 1. The minimum absolute atomic E-state index is 0.348. The van der Waals surface area contributed by atoms with E-state index >= 15 is 0 Å². The molecule has 2 rings (SSSR count). The smallest absolute Gasteiger partial charge is 0.320 e. The summed E-state index contributed by atoms with van der Waals surface area (Å²) >= 11 is 7.41. The lowest BCUT2D eigenvalue weighted by Crippen LogP contribution is -2.46. The summed E-state index contributed by atoms with van der Waals surface area (Å²) in [4.78, 5) is 14.4. The second kappa shape index (κ2) is 5.38. The molecule has 1 aromatic rings. The monoisotopic (exact) mass is 273 g/mol. The molecule has 1 aliphatic heterocycles. The molecule has 1 saturated heterocycles. The molecule has 0 aromatic carbocycles. The SMILES string of the molecule is CC1CCN(Cc2ccc(Cl)s2)C(C(=O)O)C1. The lowest BCUT2D eigenvalue weighted by atomic mass is 9.92.